The average Bonchev–Trinajstić information content (AvgIpc) is 2.60. The van der Waals surface area contributed by atoms with Gasteiger partial charge in [-0.1, -0.05) is 13.0 Å². The average molecular weight is 172 g/mol. The number of H-pyrrole nitrogens is 1. The van der Waals surface area contributed by atoms with E-state index in [1.807, 2.05) is 25.1 Å². The lowest BCUT2D eigenvalue weighted by Crippen LogP contribution is -1.93. The number of hydrogen-bond donors (Lipinski definition) is 1. The van der Waals surface area contributed by atoms with Gasteiger partial charge in [-0.2, -0.15) is 0 Å². The summed E-state index contributed by atoms with van der Waals surface area (Å²) in [5.74, 6) is 0.172. The SMILES string of the molecule is CCC(=O)c1c[nH]c2cc[c]cc12. The summed E-state index contributed by atoms with van der Waals surface area (Å²) >= 11 is 0. The van der Waals surface area contributed by atoms with Crippen LogP contribution in [0.3, 0.4) is 0 Å². The smallest absolute Gasteiger partial charge is 0.164 e. The maximum Gasteiger partial charge on any atom is 0.164 e. The van der Waals surface area contributed by atoms with E-state index in [0.29, 0.717) is 6.42 Å². The van der Waals surface area contributed by atoms with Crippen LogP contribution in [0.5, 0.6) is 0 Å². The summed E-state index contributed by atoms with van der Waals surface area (Å²) in [6.07, 6.45) is 2.31. The van der Waals surface area contributed by atoms with Crippen LogP contribution >= 0.6 is 0 Å². The molecule has 0 atom stereocenters. The fraction of sp³-hybridized carbons (Fsp3) is 0.182. The Morgan fingerprint density at radius 2 is 2.46 bits per heavy atom. The lowest BCUT2D eigenvalue weighted by Gasteiger charge is -1.93. The third kappa shape index (κ3) is 1.24. The molecule has 0 amide bonds. The molecular weight excluding hydrogens is 162 g/mol. The number of carbonyl (C=O) groups excluding carboxylic acids is 1. The van der Waals surface area contributed by atoms with Crippen molar-refractivity contribution in [3.8, 4) is 0 Å². The third-order valence-electron chi connectivity index (χ3n) is 2.15. The monoisotopic (exact) mass is 172 g/mol. The zero-order chi connectivity index (χ0) is 9.26. The minimum atomic E-state index is 0.172. The molecule has 2 aromatic rings. The zero-order valence-corrected chi connectivity index (χ0v) is 7.42. The van der Waals surface area contributed by atoms with Crippen molar-refractivity contribution in [1.82, 2.24) is 4.98 Å². The maximum absolute atomic E-state index is 11.5. The van der Waals surface area contributed by atoms with Gasteiger partial charge in [0.1, 0.15) is 0 Å². The number of rotatable bonds is 2. The van der Waals surface area contributed by atoms with Crippen LogP contribution in [0.1, 0.15) is 23.7 Å². The lowest BCUT2D eigenvalue weighted by atomic mass is 10.1. The Kier molecular flexibility index (Phi) is 1.89. The largest absolute Gasteiger partial charge is 0.360 e. The maximum atomic E-state index is 11.5. The van der Waals surface area contributed by atoms with E-state index in [2.05, 4.69) is 11.1 Å². The van der Waals surface area contributed by atoms with E-state index >= 15 is 0 Å². The van der Waals surface area contributed by atoms with E-state index in [4.69, 9.17) is 0 Å². The predicted octanol–water partition coefficient (Wildman–Crippen LogP) is 2.56. The van der Waals surface area contributed by atoms with Crippen LogP contribution < -0.4 is 0 Å². The highest BCUT2D eigenvalue weighted by molar-refractivity contribution is 6.07. The fourth-order valence-electron chi connectivity index (χ4n) is 1.43. The van der Waals surface area contributed by atoms with E-state index in [9.17, 15) is 4.79 Å². The molecule has 1 heterocycles. The summed E-state index contributed by atoms with van der Waals surface area (Å²) in [7, 11) is 0. The number of Topliss-reactive ketones (excluding diaryl/α,β-unsaturated/α-hetero) is 1. The molecule has 65 valence electrons. The van der Waals surface area contributed by atoms with E-state index in [-0.39, 0.29) is 5.78 Å². The van der Waals surface area contributed by atoms with Crippen molar-refractivity contribution in [2.75, 3.05) is 0 Å². The second-order valence-corrected chi connectivity index (χ2v) is 2.95. The summed E-state index contributed by atoms with van der Waals surface area (Å²) in [6.45, 7) is 1.87. The molecule has 2 nitrogen and oxygen atoms in total. The third-order valence-corrected chi connectivity index (χ3v) is 2.15. The van der Waals surface area contributed by atoms with Gasteiger partial charge in [-0.3, -0.25) is 4.79 Å². The van der Waals surface area contributed by atoms with Crippen LogP contribution in [0.25, 0.3) is 10.9 Å². The molecule has 0 bridgehead atoms. The Morgan fingerprint density at radius 3 is 3.23 bits per heavy atom. The van der Waals surface area contributed by atoms with E-state index < -0.39 is 0 Å². The van der Waals surface area contributed by atoms with Gasteiger partial charge in [0, 0.05) is 29.1 Å². The molecule has 1 radical (unpaired) electrons. The first-order chi connectivity index (χ1) is 6.33. The van der Waals surface area contributed by atoms with Gasteiger partial charge in [0.2, 0.25) is 0 Å². The first-order valence-electron chi connectivity index (χ1n) is 4.33. The number of aromatic nitrogens is 1. The predicted molar refractivity (Wildman–Crippen MR) is 51.8 cm³/mol. The number of hydrogen-bond acceptors (Lipinski definition) is 1. The summed E-state index contributed by atoms with van der Waals surface area (Å²) < 4.78 is 0. The molecule has 2 heteroatoms. The molecule has 1 N–H and O–H groups in total. The van der Waals surface area contributed by atoms with E-state index in [1.165, 1.54) is 0 Å². The van der Waals surface area contributed by atoms with Crippen molar-refractivity contribution < 1.29 is 4.79 Å². The summed E-state index contributed by atoms with van der Waals surface area (Å²) in [4.78, 5) is 14.5. The van der Waals surface area contributed by atoms with Crippen molar-refractivity contribution >= 4 is 16.7 Å². The molecule has 1 aromatic heterocycles. The molecule has 0 aliphatic carbocycles. The van der Waals surface area contributed by atoms with E-state index in [0.717, 1.165) is 16.5 Å². The molecule has 13 heavy (non-hydrogen) atoms. The Bertz CT molecular complexity index is 442. The van der Waals surface area contributed by atoms with Gasteiger partial charge in [-0.25, -0.2) is 0 Å². The molecule has 0 spiro atoms. The number of fused-ring (bicyclic) bond motifs is 1. The number of ketones is 1. The molecule has 0 aliphatic rings. The van der Waals surface area contributed by atoms with Crippen molar-refractivity contribution in [3.05, 3.63) is 36.0 Å². The minimum Gasteiger partial charge on any atom is -0.360 e. The normalized spacial score (nSPS) is 10.5. The minimum absolute atomic E-state index is 0.172. The summed E-state index contributed by atoms with van der Waals surface area (Å²) in [5, 5.41) is 0.967. The van der Waals surface area contributed by atoms with Crippen LogP contribution in [-0.4, -0.2) is 10.8 Å². The first-order valence-corrected chi connectivity index (χ1v) is 4.33. The number of carbonyl (C=O) groups is 1. The van der Waals surface area contributed by atoms with Gasteiger partial charge in [0.05, 0.1) is 0 Å². The standard InChI is InChI=1S/C11H10NO/c1-2-11(13)9-7-12-10-6-4-3-5-8(9)10/h4-7,12H,2H2,1H3. The quantitative estimate of drug-likeness (QED) is 0.694. The highest BCUT2D eigenvalue weighted by Gasteiger charge is 2.08. The number of nitrogens with one attached hydrogen (secondary N) is 1. The van der Waals surface area contributed by atoms with Gasteiger partial charge in [0.25, 0.3) is 0 Å². The van der Waals surface area contributed by atoms with Crippen LogP contribution in [-0.2, 0) is 0 Å². The number of benzene rings is 1. The summed E-state index contributed by atoms with van der Waals surface area (Å²) in [5.41, 5.74) is 1.77. The van der Waals surface area contributed by atoms with Crippen molar-refractivity contribution in [2.24, 2.45) is 0 Å². The molecular formula is C11H10NO. The van der Waals surface area contributed by atoms with Crippen LogP contribution in [0, 0.1) is 6.07 Å². The molecule has 2 rings (SSSR count). The van der Waals surface area contributed by atoms with Crippen LogP contribution in [0.4, 0.5) is 0 Å². The Balaban J connectivity index is 2.64. The lowest BCUT2D eigenvalue weighted by molar-refractivity contribution is 0.0990. The van der Waals surface area contributed by atoms with Gasteiger partial charge in [-0.15, -0.1) is 0 Å². The topological polar surface area (TPSA) is 32.9 Å². The molecule has 0 saturated carbocycles. The van der Waals surface area contributed by atoms with Crippen molar-refractivity contribution in [2.45, 2.75) is 13.3 Å². The Hall–Kier alpha value is -1.57. The highest BCUT2D eigenvalue weighted by atomic mass is 16.1. The Labute approximate surface area is 76.6 Å². The molecule has 0 unspecified atom stereocenters. The van der Waals surface area contributed by atoms with Gasteiger partial charge in [0.15, 0.2) is 5.78 Å². The Morgan fingerprint density at radius 1 is 1.62 bits per heavy atom. The zero-order valence-electron chi connectivity index (χ0n) is 7.42. The summed E-state index contributed by atoms with van der Waals surface area (Å²) in [6, 6.07) is 8.56. The molecule has 0 fully saturated rings. The van der Waals surface area contributed by atoms with Crippen LogP contribution in [0.2, 0.25) is 0 Å². The van der Waals surface area contributed by atoms with Gasteiger partial charge < -0.3 is 4.98 Å². The molecule has 0 saturated heterocycles. The molecule has 1 aromatic carbocycles. The fourth-order valence-corrected chi connectivity index (χ4v) is 1.43. The first kappa shape index (κ1) is 8.05. The highest BCUT2D eigenvalue weighted by Crippen LogP contribution is 2.18. The van der Waals surface area contributed by atoms with Crippen molar-refractivity contribution in [1.29, 1.82) is 0 Å². The van der Waals surface area contributed by atoms with E-state index in [1.54, 1.807) is 6.20 Å². The van der Waals surface area contributed by atoms with Gasteiger partial charge in [-0.05, 0) is 18.2 Å². The second-order valence-electron chi connectivity index (χ2n) is 2.95. The van der Waals surface area contributed by atoms with Crippen molar-refractivity contribution in [3.63, 3.8) is 0 Å². The number of aromatic amines is 1. The van der Waals surface area contributed by atoms with Crippen LogP contribution in [0.15, 0.2) is 24.4 Å². The van der Waals surface area contributed by atoms with Gasteiger partial charge >= 0.3 is 0 Å². The second kappa shape index (κ2) is 3.05. The molecule has 0 aliphatic heterocycles.